The monoisotopic (exact) mass is 356 g/mol. The molecule has 0 bridgehead atoms. The van der Waals surface area contributed by atoms with E-state index in [4.69, 9.17) is 0 Å². The fourth-order valence-corrected chi connectivity index (χ4v) is 2.85. The van der Waals surface area contributed by atoms with Crippen molar-refractivity contribution in [3.8, 4) is 5.69 Å². The Morgan fingerprint density at radius 2 is 1.73 bits per heavy atom. The van der Waals surface area contributed by atoms with Crippen molar-refractivity contribution >= 4 is 12.1 Å². The fraction of sp³-hybridized carbons (Fsp3) is 0.389. The van der Waals surface area contributed by atoms with Crippen molar-refractivity contribution < 1.29 is 9.59 Å². The highest BCUT2D eigenvalue weighted by Gasteiger charge is 2.24. The summed E-state index contributed by atoms with van der Waals surface area (Å²) in [6.07, 6.45) is 3.66. The van der Waals surface area contributed by atoms with Crippen molar-refractivity contribution in [1.29, 1.82) is 0 Å². The first kappa shape index (κ1) is 17.8. The van der Waals surface area contributed by atoms with E-state index in [0.29, 0.717) is 32.7 Å². The summed E-state index contributed by atoms with van der Waals surface area (Å²) in [6, 6.07) is 9.69. The molecule has 1 saturated heterocycles. The zero-order valence-corrected chi connectivity index (χ0v) is 15.1. The smallest absolute Gasteiger partial charge is 0.319 e. The van der Waals surface area contributed by atoms with E-state index in [2.05, 4.69) is 10.4 Å². The Kier molecular flexibility index (Phi) is 5.40. The van der Waals surface area contributed by atoms with Crippen LogP contribution in [-0.4, -0.2) is 76.8 Å². The average Bonchev–Trinajstić information content (AvgIpc) is 3.15. The van der Waals surface area contributed by atoms with Gasteiger partial charge in [-0.2, -0.15) is 5.10 Å². The van der Waals surface area contributed by atoms with Crippen LogP contribution in [0.1, 0.15) is 5.56 Å². The van der Waals surface area contributed by atoms with E-state index >= 15 is 0 Å². The van der Waals surface area contributed by atoms with Crippen LogP contribution in [0.2, 0.25) is 0 Å². The highest BCUT2D eigenvalue weighted by atomic mass is 16.2. The molecule has 0 aliphatic carbocycles. The Labute approximate surface area is 153 Å². The number of hydrogen-bond donors (Lipinski definition) is 1. The summed E-state index contributed by atoms with van der Waals surface area (Å²) >= 11 is 0. The van der Waals surface area contributed by atoms with Crippen LogP contribution in [0, 0.1) is 0 Å². The lowest BCUT2D eigenvalue weighted by Crippen LogP contribution is -2.54. The number of rotatable bonds is 3. The molecule has 1 aromatic carbocycles. The van der Waals surface area contributed by atoms with Gasteiger partial charge in [0.05, 0.1) is 11.9 Å². The molecule has 1 fully saturated rings. The average molecular weight is 356 g/mol. The summed E-state index contributed by atoms with van der Waals surface area (Å²) in [5.74, 6) is 0. The molecule has 0 saturated carbocycles. The predicted molar refractivity (Wildman–Crippen MR) is 98.0 cm³/mol. The zero-order chi connectivity index (χ0) is 18.5. The lowest BCUT2D eigenvalue weighted by molar-refractivity contribution is 0.128. The van der Waals surface area contributed by atoms with Gasteiger partial charge in [0, 0.05) is 58.6 Å². The maximum atomic E-state index is 12.3. The highest BCUT2D eigenvalue weighted by Crippen LogP contribution is 2.08. The molecule has 1 N–H and O–H groups in total. The second-order valence-electron chi connectivity index (χ2n) is 6.44. The molecule has 8 heteroatoms. The molecule has 8 nitrogen and oxygen atoms in total. The molecular weight excluding hydrogens is 332 g/mol. The minimum Gasteiger partial charge on any atom is -0.334 e. The van der Waals surface area contributed by atoms with E-state index in [-0.39, 0.29) is 12.1 Å². The summed E-state index contributed by atoms with van der Waals surface area (Å²) in [7, 11) is 3.47. The molecule has 3 rings (SSSR count). The summed E-state index contributed by atoms with van der Waals surface area (Å²) < 4.78 is 1.78. The molecule has 1 aromatic heterocycles. The Morgan fingerprint density at radius 1 is 1.08 bits per heavy atom. The molecule has 26 heavy (non-hydrogen) atoms. The van der Waals surface area contributed by atoms with E-state index in [1.165, 1.54) is 0 Å². The van der Waals surface area contributed by atoms with Gasteiger partial charge in [-0.15, -0.1) is 0 Å². The summed E-state index contributed by atoms with van der Waals surface area (Å²) in [4.78, 5) is 29.3. The van der Waals surface area contributed by atoms with Gasteiger partial charge in [0.15, 0.2) is 0 Å². The van der Waals surface area contributed by atoms with Crippen molar-refractivity contribution in [2.75, 3.05) is 40.3 Å². The summed E-state index contributed by atoms with van der Waals surface area (Å²) in [5.41, 5.74) is 1.91. The van der Waals surface area contributed by atoms with Crippen LogP contribution in [0.5, 0.6) is 0 Å². The minimum absolute atomic E-state index is 0.0154. The number of carbonyl (C=O) groups is 2. The molecule has 1 aliphatic rings. The van der Waals surface area contributed by atoms with Crippen LogP contribution < -0.4 is 5.32 Å². The molecule has 2 heterocycles. The molecule has 138 valence electrons. The van der Waals surface area contributed by atoms with Crippen molar-refractivity contribution in [2.24, 2.45) is 0 Å². The first-order valence-electron chi connectivity index (χ1n) is 8.62. The lowest BCUT2D eigenvalue weighted by atomic mass is 10.3. The predicted octanol–water partition coefficient (Wildman–Crippen LogP) is 1.38. The van der Waals surface area contributed by atoms with Gasteiger partial charge in [-0.1, -0.05) is 18.2 Å². The number of aromatic nitrogens is 2. The third-order valence-corrected chi connectivity index (χ3v) is 4.32. The van der Waals surface area contributed by atoms with Crippen molar-refractivity contribution in [1.82, 2.24) is 29.8 Å². The van der Waals surface area contributed by atoms with Gasteiger partial charge in [0.25, 0.3) is 0 Å². The van der Waals surface area contributed by atoms with E-state index in [1.807, 2.05) is 36.5 Å². The molecule has 0 unspecified atom stereocenters. The van der Waals surface area contributed by atoms with Crippen LogP contribution in [0.3, 0.4) is 0 Å². The topological polar surface area (TPSA) is 73.7 Å². The molecule has 2 aromatic rings. The van der Waals surface area contributed by atoms with Gasteiger partial charge in [0.1, 0.15) is 0 Å². The first-order valence-corrected chi connectivity index (χ1v) is 8.62. The van der Waals surface area contributed by atoms with Crippen LogP contribution in [0.15, 0.2) is 42.7 Å². The number of carbonyl (C=O) groups excluding carboxylic acids is 2. The van der Waals surface area contributed by atoms with Crippen LogP contribution in [0.4, 0.5) is 9.59 Å². The minimum atomic E-state index is -0.116. The van der Waals surface area contributed by atoms with Gasteiger partial charge in [0.2, 0.25) is 0 Å². The normalized spacial score (nSPS) is 14.2. The number of nitrogens with zero attached hydrogens (tertiary/aromatic N) is 5. The number of piperazine rings is 1. The van der Waals surface area contributed by atoms with Crippen molar-refractivity contribution in [2.45, 2.75) is 6.54 Å². The number of hydrogen-bond acceptors (Lipinski definition) is 3. The summed E-state index contributed by atoms with van der Waals surface area (Å²) in [6.45, 7) is 2.60. The molecule has 4 amide bonds. The maximum Gasteiger partial charge on any atom is 0.319 e. The van der Waals surface area contributed by atoms with E-state index in [1.54, 1.807) is 39.7 Å². The third-order valence-electron chi connectivity index (χ3n) is 4.32. The third kappa shape index (κ3) is 4.14. The Balaban J connectivity index is 1.48. The first-order chi connectivity index (χ1) is 12.5. The highest BCUT2D eigenvalue weighted by molar-refractivity contribution is 5.76. The van der Waals surface area contributed by atoms with Crippen LogP contribution >= 0.6 is 0 Å². The molecule has 0 atom stereocenters. The molecule has 1 aliphatic heterocycles. The molecule has 0 radical (unpaired) electrons. The molecule has 0 spiro atoms. The number of nitrogens with one attached hydrogen (secondary N) is 1. The number of urea groups is 2. The molecular formula is C18H24N6O2. The zero-order valence-electron chi connectivity index (χ0n) is 15.1. The SMILES string of the molecule is CN(C)C(=O)N1CCN(C(=O)NCc2cnn(-c3ccccc3)c2)CC1. The van der Waals surface area contributed by atoms with E-state index in [0.717, 1.165) is 11.3 Å². The van der Waals surface area contributed by atoms with Gasteiger partial charge < -0.3 is 20.0 Å². The largest absolute Gasteiger partial charge is 0.334 e. The standard InChI is InChI=1S/C18H24N6O2/c1-21(2)18(26)23-10-8-22(9-11-23)17(25)19-12-15-13-20-24(14-15)16-6-4-3-5-7-16/h3-7,13-14H,8-12H2,1-2H3,(H,19,25). The quantitative estimate of drug-likeness (QED) is 0.903. The number of amides is 4. The van der Waals surface area contributed by atoms with Crippen molar-refractivity contribution in [3.63, 3.8) is 0 Å². The Hall–Kier alpha value is -3.03. The van der Waals surface area contributed by atoms with E-state index < -0.39 is 0 Å². The van der Waals surface area contributed by atoms with E-state index in [9.17, 15) is 9.59 Å². The van der Waals surface area contributed by atoms with Gasteiger partial charge in [-0.05, 0) is 12.1 Å². The summed E-state index contributed by atoms with van der Waals surface area (Å²) in [5, 5.41) is 7.25. The number of para-hydroxylation sites is 1. The van der Waals surface area contributed by atoms with Crippen LogP contribution in [-0.2, 0) is 6.54 Å². The Bertz CT molecular complexity index is 750. The van der Waals surface area contributed by atoms with Crippen LogP contribution in [0.25, 0.3) is 5.69 Å². The van der Waals surface area contributed by atoms with Gasteiger partial charge >= 0.3 is 12.1 Å². The fourth-order valence-electron chi connectivity index (χ4n) is 2.85. The van der Waals surface area contributed by atoms with Gasteiger partial charge in [-0.25, -0.2) is 14.3 Å². The second-order valence-corrected chi connectivity index (χ2v) is 6.44. The van der Waals surface area contributed by atoms with Crippen molar-refractivity contribution in [3.05, 3.63) is 48.3 Å². The Morgan fingerprint density at radius 3 is 2.38 bits per heavy atom. The van der Waals surface area contributed by atoms with Gasteiger partial charge in [-0.3, -0.25) is 0 Å². The second kappa shape index (κ2) is 7.90. The maximum absolute atomic E-state index is 12.3. The lowest BCUT2D eigenvalue weighted by Gasteiger charge is -2.35. The number of benzene rings is 1.